The SMILES string of the molecule is Cn1cncc1CCC(=O)N1CCCN(c2nccs2)CC1. The number of rotatable bonds is 4. The van der Waals surface area contributed by atoms with E-state index in [1.807, 2.05) is 34.3 Å². The van der Waals surface area contributed by atoms with Crippen LogP contribution < -0.4 is 4.90 Å². The summed E-state index contributed by atoms with van der Waals surface area (Å²) in [5, 5.41) is 3.06. The van der Waals surface area contributed by atoms with Gasteiger partial charge in [-0.1, -0.05) is 0 Å². The van der Waals surface area contributed by atoms with Gasteiger partial charge in [0.1, 0.15) is 0 Å². The third-order valence-corrected chi connectivity index (χ3v) is 4.88. The van der Waals surface area contributed by atoms with E-state index >= 15 is 0 Å². The van der Waals surface area contributed by atoms with Gasteiger partial charge in [-0.25, -0.2) is 9.97 Å². The summed E-state index contributed by atoms with van der Waals surface area (Å²) < 4.78 is 1.97. The molecule has 0 aliphatic carbocycles. The number of aryl methyl sites for hydroxylation is 2. The Morgan fingerprint density at radius 1 is 1.32 bits per heavy atom. The second-order valence-electron chi connectivity index (χ2n) is 5.53. The van der Waals surface area contributed by atoms with Gasteiger partial charge in [-0.05, 0) is 12.8 Å². The van der Waals surface area contributed by atoms with E-state index in [0.717, 1.165) is 49.8 Å². The van der Waals surface area contributed by atoms with Crippen LogP contribution in [0.2, 0.25) is 0 Å². The summed E-state index contributed by atoms with van der Waals surface area (Å²) in [6.45, 7) is 3.46. The van der Waals surface area contributed by atoms with Crippen molar-refractivity contribution in [1.82, 2.24) is 19.4 Å². The Bertz CT molecular complexity index is 609. The average Bonchev–Trinajstić information content (AvgIpc) is 3.12. The van der Waals surface area contributed by atoms with E-state index in [1.54, 1.807) is 17.7 Å². The Morgan fingerprint density at radius 2 is 2.23 bits per heavy atom. The molecule has 1 aliphatic rings. The first kappa shape index (κ1) is 15.0. The number of aromatic nitrogens is 3. The third kappa shape index (κ3) is 3.47. The normalized spacial score (nSPS) is 15.9. The molecular formula is C15H21N5OS. The molecule has 118 valence electrons. The van der Waals surface area contributed by atoms with E-state index < -0.39 is 0 Å². The Hall–Kier alpha value is -1.89. The molecule has 0 atom stereocenters. The zero-order chi connectivity index (χ0) is 15.4. The number of anilines is 1. The molecule has 0 spiro atoms. The molecule has 3 heterocycles. The summed E-state index contributed by atoms with van der Waals surface area (Å²) in [7, 11) is 1.96. The topological polar surface area (TPSA) is 54.3 Å². The molecule has 6 nitrogen and oxygen atoms in total. The molecule has 1 amide bonds. The number of amides is 1. The van der Waals surface area contributed by atoms with Crippen molar-refractivity contribution >= 4 is 22.4 Å². The van der Waals surface area contributed by atoms with E-state index in [4.69, 9.17) is 0 Å². The third-order valence-electron chi connectivity index (χ3n) is 4.05. The minimum atomic E-state index is 0.238. The summed E-state index contributed by atoms with van der Waals surface area (Å²) in [4.78, 5) is 25.1. The van der Waals surface area contributed by atoms with Gasteiger partial charge in [-0.15, -0.1) is 11.3 Å². The van der Waals surface area contributed by atoms with Crippen molar-refractivity contribution in [3.8, 4) is 0 Å². The lowest BCUT2D eigenvalue weighted by molar-refractivity contribution is -0.130. The Morgan fingerprint density at radius 3 is 2.95 bits per heavy atom. The first-order chi connectivity index (χ1) is 10.7. The van der Waals surface area contributed by atoms with Gasteiger partial charge in [0.05, 0.1) is 6.33 Å². The standard InChI is InChI=1S/C15H21N5OS/c1-18-12-16-11-13(18)3-4-14(21)19-6-2-7-20(9-8-19)15-17-5-10-22-15/h5,10-12H,2-4,6-9H2,1H3. The average molecular weight is 319 g/mol. The molecule has 7 heteroatoms. The van der Waals surface area contributed by atoms with Crippen molar-refractivity contribution in [1.29, 1.82) is 0 Å². The molecule has 22 heavy (non-hydrogen) atoms. The first-order valence-electron chi connectivity index (χ1n) is 7.61. The maximum atomic E-state index is 12.4. The van der Waals surface area contributed by atoms with Crippen LogP contribution in [0.25, 0.3) is 0 Å². The fourth-order valence-corrected chi connectivity index (χ4v) is 3.45. The Kier molecular flexibility index (Phi) is 4.72. The van der Waals surface area contributed by atoms with Gasteiger partial charge in [-0.2, -0.15) is 0 Å². The number of carbonyl (C=O) groups excluding carboxylic acids is 1. The highest BCUT2D eigenvalue weighted by Gasteiger charge is 2.20. The quantitative estimate of drug-likeness (QED) is 0.858. The van der Waals surface area contributed by atoms with Gasteiger partial charge in [0, 0.05) is 63.1 Å². The summed E-state index contributed by atoms with van der Waals surface area (Å²) in [6, 6.07) is 0. The lowest BCUT2D eigenvalue weighted by Crippen LogP contribution is -2.35. The number of carbonyl (C=O) groups is 1. The fourth-order valence-electron chi connectivity index (χ4n) is 2.75. The van der Waals surface area contributed by atoms with Crippen LogP contribution in [-0.2, 0) is 18.3 Å². The second-order valence-corrected chi connectivity index (χ2v) is 6.40. The molecule has 1 fully saturated rings. The maximum absolute atomic E-state index is 12.4. The highest BCUT2D eigenvalue weighted by molar-refractivity contribution is 7.13. The number of hydrogen-bond donors (Lipinski definition) is 0. The van der Waals surface area contributed by atoms with Crippen molar-refractivity contribution in [3.05, 3.63) is 29.8 Å². The van der Waals surface area contributed by atoms with E-state index in [-0.39, 0.29) is 5.91 Å². The molecule has 1 saturated heterocycles. The first-order valence-corrected chi connectivity index (χ1v) is 8.49. The van der Waals surface area contributed by atoms with Crippen molar-refractivity contribution in [2.75, 3.05) is 31.1 Å². The second kappa shape index (κ2) is 6.91. The van der Waals surface area contributed by atoms with Crippen LogP contribution in [0.3, 0.4) is 0 Å². The van der Waals surface area contributed by atoms with Crippen LogP contribution in [0.5, 0.6) is 0 Å². The van der Waals surface area contributed by atoms with Crippen molar-refractivity contribution in [2.45, 2.75) is 19.3 Å². The predicted molar refractivity (Wildman–Crippen MR) is 87.1 cm³/mol. The summed E-state index contributed by atoms with van der Waals surface area (Å²) in [5.74, 6) is 0.238. The number of hydrogen-bond acceptors (Lipinski definition) is 5. The number of imidazole rings is 1. The van der Waals surface area contributed by atoms with Crippen molar-refractivity contribution < 1.29 is 4.79 Å². The minimum absolute atomic E-state index is 0.238. The number of thiazole rings is 1. The highest BCUT2D eigenvalue weighted by atomic mass is 32.1. The van der Waals surface area contributed by atoms with Gasteiger partial charge in [0.15, 0.2) is 5.13 Å². The van der Waals surface area contributed by atoms with E-state index in [2.05, 4.69) is 14.9 Å². The molecule has 0 radical (unpaired) electrons. The van der Waals surface area contributed by atoms with Crippen LogP contribution in [0.15, 0.2) is 24.1 Å². The molecule has 2 aromatic heterocycles. The lowest BCUT2D eigenvalue weighted by Gasteiger charge is -2.21. The summed E-state index contributed by atoms with van der Waals surface area (Å²) in [5.41, 5.74) is 1.10. The summed E-state index contributed by atoms with van der Waals surface area (Å²) >= 11 is 1.66. The van der Waals surface area contributed by atoms with E-state index in [1.165, 1.54) is 0 Å². The molecule has 1 aliphatic heterocycles. The van der Waals surface area contributed by atoms with Gasteiger partial charge in [-0.3, -0.25) is 4.79 Å². The van der Waals surface area contributed by atoms with Crippen molar-refractivity contribution in [2.24, 2.45) is 7.05 Å². The van der Waals surface area contributed by atoms with Crippen LogP contribution in [0, 0.1) is 0 Å². The Balaban J connectivity index is 1.52. The summed E-state index contributed by atoms with van der Waals surface area (Å²) in [6.07, 6.45) is 7.75. The molecule has 0 saturated carbocycles. The zero-order valence-electron chi connectivity index (χ0n) is 12.8. The molecule has 0 unspecified atom stereocenters. The zero-order valence-corrected chi connectivity index (χ0v) is 13.6. The van der Waals surface area contributed by atoms with E-state index in [0.29, 0.717) is 6.42 Å². The van der Waals surface area contributed by atoms with Crippen molar-refractivity contribution in [3.63, 3.8) is 0 Å². The fraction of sp³-hybridized carbons (Fsp3) is 0.533. The Labute approximate surface area is 134 Å². The van der Waals surface area contributed by atoms with Gasteiger partial charge in [0.2, 0.25) is 5.91 Å². The van der Waals surface area contributed by atoms with Gasteiger partial charge >= 0.3 is 0 Å². The molecule has 0 bridgehead atoms. The highest BCUT2D eigenvalue weighted by Crippen LogP contribution is 2.19. The molecule has 0 N–H and O–H groups in total. The molecular weight excluding hydrogens is 298 g/mol. The smallest absolute Gasteiger partial charge is 0.223 e. The molecule has 2 aromatic rings. The minimum Gasteiger partial charge on any atom is -0.346 e. The van der Waals surface area contributed by atoms with Crippen LogP contribution in [0.4, 0.5) is 5.13 Å². The molecule has 3 rings (SSSR count). The number of nitrogens with zero attached hydrogens (tertiary/aromatic N) is 5. The van der Waals surface area contributed by atoms with Crippen LogP contribution >= 0.6 is 11.3 Å². The van der Waals surface area contributed by atoms with Gasteiger partial charge < -0.3 is 14.4 Å². The monoisotopic (exact) mass is 319 g/mol. The van der Waals surface area contributed by atoms with Gasteiger partial charge in [0.25, 0.3) is 0 Å². The van der Waals surface area contributed by atoms with Crippen LogP contribution in [0.1, 0.15) is 18.5 Å². The lowest BCUT2D eigenvalue weighted by atomic mass is 10.2. The maximum Gasteiger partial charge on any atom is 0.223 e. The van der Waals surface area contributed by atoms with Crippen LogP contribution in [-0.4, -0.2) is 51.5 Å². The molecule has 0 aromatic carbocycles. The predicted octanol–water partition coefficient (Wildman–Crippen LogP) is 1.55. The largest absolute Gasteiger partial charge is 0.346 e. The van der Waals surface area contributed by atoms with E-state index in [9.17, 15) is 4.79 Å².